The molecule has 1 aromatic heterocycles. The average molecular weight is 449 g/mol. The summed E-state index contributed by atoms with van der Waals surface area (Å²) in [7, 11) is 3.63. The van der Waals surface area contributed by atoms with Gasteiger partial charge in [-0.3, -0.25) is 0 Å². The number of guanidine groups is 1. The number of ether oxygens (including phenoxy) is 2. The van der Waals surface area contributed by atoms with Crippen molar-refractivity contribution in [3.8, 4) is 11.5 Å². The molecular formula is C25H32N6O2. The maximum Gasteiger partial charge on any atom is 0.192 e. The lowest BCUT2D eigenvalue weighted by Gasteiger charge is -2.38. The minimum Gasteiger partial charge on any atom is -0.497 e. The van der Waals surface area contributed by atoms with Crippen molar-refractivity contribution in [1.29, 1.82) is 0 Å². The normalized spacial score (nSPS) is 17.1. The number of hydrogen-bond donors (Lipinski definition) is 2. The molecule has 8 heteroatoms. The molecule has 2 aromatic carbocycles. The van der Waals surface area contributed by atoms with Crippen LogP contribution in [0.2, 0.25) is 0 Å². The number of rotatable bonds is 6. The van der Waals surface area contributed by atoms with E-state index >= 15 is 0 Å². The third-order valence-electron chi connectivity index (χ3n) is 5.86. The van der Waals surface area contributed by atoms with E-state index in [4.69, 9.17) is 14.5 Å². The van der Waals surface area contributed by atoms with Gasteiger partial charge < -0.3 is 24.7 Å². The molecule has 0 fully saturated rings. The first-order valence-corrected chi connectivity index (χ1v) is 11.2. The summed E-state index contributed by atoms with van der Waals surface area (Å²) >= 11 is 0. The van der Waals surface area contributed by atoms with E-state index in [0.29, 0.717) is 19.0 Å². The van der Waals surface area contributed by atoms with E-state index < -0.39 is 0 Å². The van der Waals surface area contributed by atoms with Gasteiger partial charge in [-0.05, 0) is 44.5 Å². The number of fused-ring (bicyclic) bond motifs is 1. The first-order chi connectivity index (χ1) is 15.8. The molecule has 0 aliphatic carbocycles. The van der Waals surface area contributed by atoms with E-state index in [-0.39, 0.29) is 11.6 Å². The zero-order valence-electron chi connectivity index (χ0n) is 19.9. The first-order valence-electron chi connectivity index (χ1n) is 11.2. The summed E-state index contributed by atoms with van der Waals surface area (Å²) in [6.07, 6.45) is 0.816. The van der Waals surface area contributed by atoms with Crippen LogP contribution in [0.3, 0.4) is 0 Å². The van der Waals surface area contributed by atoms with E-state index in [1.165, 1.54) is 0 Å². The highest BCUT2D eigenvalue weighted by Crippen LogP contribution is 2.39. The van der Waals surface area contributed by atoms with Crippen molar-refractivity contribution >= 4 is 5.96 Å². The van der Waals surface area contributed by atoms with Gasteiger partial charge in [0.25, 0.3) is 0 Å². The molecule has 1 aliphatic heterocycles. The molecule has 0 radical (unpaired) electrons. The zero-order valence-corrected chi connectivity index (χ0v) is 19.9. The average Bonchev–Trinajstić information content (AvgIpc) is 3.12. The molecule has 1 aliphatic rings. The third-order valence-corrected chi connectivity index (χ3v) is 5.86. The van der Waals surface area contributed by atoms with Gasteiger partial charge in [-0.25, -0.2) is 4.99 Å². The SMILES string of the molecule is COc1ccc(CN=C(NCc2nnc(C)n2C)NC2CC(C)(C)Oc3ccccc32)cc1. The van der Waals surface area contributed by atoms with Crippen LogP contribution in [0.5, 0.6) is 11.5 Å². The summed E-state index contributed by atoms with van der Waals surface area (Å²) in [5, 5.41) is 15.5. The molecular weight excluding hydrogens is 416 g/mol. The van der Waals surface area contributed by atoms with E-state index in [1.54, 1.807) is 7.11 Å². The van der Waals surface area contributed by atoms with E-state index in [2.05, 4.69) is 40.7 Å². The van der Waals surface area contributed by atoms with Crippen molar-refractivity contribution < 1.29 is 9.47 Å². The summed E-state index contributed by atoms with van der Waals surface area (Å²) < 4.78 is 13.4. The summed E-state index contributed by atoms with van der Waals surface area (Å²) in [6.45, 7) is 7.21. The lowest BCUT2D eigenvalue weighted by molar-refractivity contribution is 0.0694. The van der Waals surface area contributed by atoms with E-state index in [1.807, 2.05) is 61.0 Å². The molecule has 1 atom stereocenters. The van der Waals surface area contributed by atoms with Crippen molar-refractivity contribution in [3.05, 3.63) is 71.3 Å². The van der Waals surface area contributed by atoms with Crippen LogP contribution in [0.25, 0.3) is 0 Å². The number of aromatic nitrogens is 3. The van der Waals surface area contributed by atoms with Crippen LogP contribution in [0.15, 0.2) is 53.5 Å². The Bertz CT molecular complexity index is 1120. The molecule has 0 spiro atoms. The van der Waals surface area contributed by atoms with Crippen LogP contribution in [0.1, 0.15) is 49.1 Å². The molecule has 0 bridgehead atoms. The lowest BCUT2D eigenvalue weighted by Crippen LogP contribution is -2.45. The second-order valence-electron chi connectivity index (χ2n) is 8.89. The molecule has 3 aromatic rings. The highest BCUT2D eigenvalue weighted by atomic mass is 16.5. The largest absolute Gasteiger partial charge is 0.497 e. The minimum atomic E-state index is -0.284. The molecule has 8 nitrogen and oxygen atoms in total. The van der Waals surface area contributed by atoms with Crippen LogP contribution in [-0.2, 0) is 20.1 Å². The standard InChI is InChI=1S/C25H32N6O2/c1-17-29-30-23(31(17)4)16-27-24(26-15-18-10-12-19(32-5)13-11-18)28-21-14-25(2,3)33-22-9-7-6-8-20(21)22/h6-13,21H,14-16H2,1-5H3,(H2,26,27,28). The van der Waals surface area contributed by atoms with Crippen LogP contribution >= 0.6 is 0 Å². The van der Waals surface area contributed by atoms with Crippen LogP contribution in [0.4, 0.5) is 0 Å². The number of nitrogens with zero attached hydrogens (tertiary/aromatic N) is 4. The molecule has 0 saturated heterocycles. The number of methoxy groups -OCH3 is 1. The van der Waals surface area contributed by atoms with Crippen molar-refractivity contribution in [2.24, 2.45) is 12.0 Å². The summed E-state index contributed by atoms with van der Waals surface area (Å²) in [6, 6.07) is 16.2. The number of aliphatic imine (C=N–C) groups is 1. The van der Waals surface area contributed by atoms with Gasteiger partial charge in [0.05, 0.1) is 26.2 Å². The topological polar surface area (TPSA) is 85.6 Å². The highest BCUT2D eigenvalue weighted by molar-refractivity contribution is 5.80. The maximum atomic E-state index is 6.20. The second-order valence-corrected chi connectivity index (χ2v) is 8.89. The quantitative estimate of drug-likeness (QED) is 0.442. The molecule has 0 amide bonds. The number of benzene rings is 2. The van der Waals surface area contributed by atoms with Crippen LogP contribution in [-0.4, -0.2) is 33.4 Å². The number of aryl methyl sites for hydroxylation is 1. The number of nitrogens with one attached hydrogen (secondary N) is 2. The van der Waals surface area contributed by atoms with Crippen LogP contribution in [0, 0.1) is 6.92 Å². The lowest BCUT2D eigenvalue weighted by atomic mass is 9.90. The van der Waals surface area contributed by atoms with Crippen molar-refractivity contribution in [1.82, 2.24) is 25.4 Å². The predicted molar refractivity (Wildman–Crippen MR) is 128 cm³/mol. The Hall–Kier alpha value is -3.55. The Labute approximate surface area is 195 Å². The molecule has 2 N–H and O–H groups in total. The minimum absolute atomic E-state index is 0.0632. The fourth-order valence-electron chi connectivity index (χ4n) is 3.92. The van der Waals surface area contributed by atoms with Crippen molar-refractivity contribution in [3.63, 3.8) is 0 Å². The molecule has 174 valence electrons. The Balaban J connectivity index is 1.56. The summed E-state index contributed by atoms with van der Waals surface area (Å²) in [5.41, 5.74) is 1.94. The molecule has 4 rings (SSSR count). The van der Waals surface area contributed by atoms with E-state index in [9.17, 15) is 0 Å². The van der Waals surface area contributed by atoms with Gasteiger partial charge in [0.15, 0.2) is 11.8 Å². The first kappa shape index (κ1) is 22.6. The second kappa shape index (κ2) is 9.52. The van der Waals surface area contributed by atoms with Gasteiger partial charge in [0.2, 0.25) is 0 Å². The Morgan fingerprint density at radius 1 is 1.18 bits per heavy atom. The van der Waals surface area contributed by atoms with E-state index in [0.717, 1.165) is 40.7 Å². The predicted octanol–water partition coefficient (Wildman–Crippen LogP) is 3.67. The summed E-state index contributed by atoms with van der Waals surface area (Å²) in [5.74, 6) is 4.17. The molecule has 33 heavy (non-hydrogen) atoms. The third kappa shape index (κ3) is 5.45. The molecule has 0 saturated carbocycles. The van der Waals surface area contributed by atoms with Gasteiger partial charge in [-0.1, -0.05) is 30.3 Å². The summed E-state index contributed by atoms with van der Waals surface area (Å²) in [4.78, 5) is 4.87. The van der Waals surface area contributed by atoms with Gasteiger partial charge in [0.1, 0.15) is 22.9 Å². The molecule has 1 unspecified atom stereocenters. The number of para-hydroxylation sites is 1. The highest BCUT2D eigenvalue weighted by Gasteiger charge is 2.34. The Morgan fingerprint density at radius 2 is 1.94 bits per heavy atom. The smallest absolute Gasteiger partial charge is 0.192 e. The fraction of sp³-hybridized carbons (Fsp3) is 0.400. The van der Waals surface area contributed by atoms with Crippen LogP contribution < -0.4 is 20.1 Å². The number of hydrogen-bond acceptors (Lipinski definition) is 5. The Kier molecular flexibility index (Phi) is 6.53. The van der Waals surface area contributed by atoms with Gasteiger partial charge >= 0.3 is 0 Å². The van der Waals surface area contributed by atoms with Crippen molar-refractivity contribution in [2.45, 2.75) is 51.9 Å². The van der Waals surface area contributed by atoms with Gasteiger partial charge in [-0.15, -0.1) is 10.2 Å². The maximum absolute atomic E-state index is 6.20. The van der Waals surface area contributed by atoms with Gasteiger partial charge in [0, 0.05) is 19.0 Å². The fourth-order valence-corrected chi connectivity index (χ4v) is 3.92. The van der Waals surface area contributed by atoms with Gasteiger partial charge in [-0.2, -0.15) is 0 Å². The Morgan fingerprint density at radius 3 is 2.64 bits per heavy atom. The monoisotopic (exact) mass is 448 g/mol. The molecule has 2 heterocycles. The van der Waals surface area contributed by atoms with Crippen molar-refractivity contribution in [2.75, 3.05) is 7.11 Å². The zero-order chi connectivity index (χ0) is 23.4.